The minimum Gasteiger partial charge on any atom is -0.493 e. The van der Waals surface area contributed by atoms with Crippen LogP contribution in [0.25, 0.3) is 16.8 Å². The highest BCUT2D eigenvalue weighted by atomic mass is 16.3. The van der Waals surface area contributed by atoms with E-state index in [-0.39, 0.29) is 17.5 Å². The fourth-order valence-electron chi connectivity index (χ4n) is 3.07. The van der Waals surface area contributed by atoms with E-state index in [9.17, 15) is 9.90 Å². The van der Waals surface area contributed by atoms with Crippen molar-refractivity contribution < 1.29 is 5.11 Å². The van der Waals surface area contributed by atoms with Crippen LogP contribution >= 0.6 is 0 Å². The first-order valence-corrected chi connectivity index (χ1v) is 7.43. The number of hydrogen-bond acceptors (Lipinski definition) is 3. The summed E-state index contributed by atoms with van der Waals surface area (Å²) in [5.74, 6) is 0.173. The lowest BCUT2D eigenvalue weighted by Crippen LogP contribution is -2.14. The van der Waals surface area contributed by atoms with Crippen molar-refractivity contribution in [2.45, 2.75) is 13.0 Å². The number of fused-ring (bicyclic) bond motifs is 3. The monoisotopic (exact) mass is 305 g/mol. The van der Waals surface area contributed by atoms with Crippen molar-refractivity contribution in [2.75, 3.05) is 0 Å². The summed E-state index contributed by atoms with van der Waals surface area (Å²) in [4.78, 5) is 16.5. The lowest BCUT2D eigenvalue weighted by molar-refractivity contribution is 0.451. The smallest absolute Gasteiger partial charge is 0.263 e. The van der Waals surface area contributed by atoms with E-state index in [2.05, 4.69) is 11.9 Å². The molecule has 1 N–H and O–H groups in total. The summed E-state index contributed by atoms with van der Waals surface area (Å²) in [6.07, 6.45) is 0. The van der Waals surface area contributed by atoms with Crippen LogP contribution in [0.1, 0.15) is 18.5 Å². The van der Waals surface area contributed by atoms with Crippen LogP contribution in [0.5, 0.6) is 5.88 Å². The number of nitrogens with zero attached hydrogens (tertiary/aromatic N) is 3. The Morgan fingerprint density at radius 1 is 1.00 bits per heavy atom. The zero-order chi connectivity index (χ0) is 16.0. The van der Waals surface area contributed by atoms with E-state index in [0.717, 1.165) is 22.7 Å². The Bertz CT molecular complexity index is 1060. The van der Waals surface area contributed by atoms with Crippen LogP contribution in [-0.4, -0.2) is 19.1 Å². The molecule has 0 aliphatic heterocycles. The Morgan fingerprint density at radius 2 is 1.65 bits per heavy atom. The fraction of sp³-hybridized carbons (Fsp3) is 0.111. The average Bonchev–Trinajstić information content (AvgIpc) is 2.89. The summed E-state index contributed by atoms with van der Waals surface area (Å²) in [7, 11) is 0. The molecule has 2 aromatic heterocycles. The molecular weight excluding hydrogens is 290 g/mol. The number of hydrogen-bond donors (Lipinski definition) is 1. The minimum absolute atomic E-state index is 0.0280. The molecule has 0 radical (unpaired) electrons. The third-order valence-corrected chi connectivity index (χ3v) is 4.15. The van der Waals surface area contributed by atoms with E-state index in [4.69, 9.17) is 0 Å². The topological polar surface area (TPSA) is 59.5 Å². The zero-order valence-electron chi connectivity index (χ0n) is 12.5. The van der Waals surface area contributed by atoms with Crippen LogP contribution in [0.3, 0.4) is 0 Å². The Morgan fingerprint density at radius 3 is 2.39 bits per heavy atom. The van der Waals surface area contributed by atoms with Gasteiger partial charge < -0.3 is 9.67 Å². The molecule has 0 bridgehead atoms. The van der Waals surface area contributed by atoms with Crippen molar-refractivity contribution >= 4 is 16.8 Å². The standard InChI is InChI=1S/C18H15N3O2/c1-12(13-7-3-2-4-8-13)20-14-9-5-6-10-15(14)21-17(23)11-16(22)19-18(20)21/h2-12,22H,1H3. The first kappa shape index (κ1) is 13.6. The first-order chi connectivity index (χ1) is 11.2. The predicted molar refractivity (Wildman–Crippen MR) is 88.9 cm³/mol. The number of imidazole rings is 1. The normalized spacial score (nSPS) is 12.7. The molecule has 0 spiro atoms. The third-order valence-electron chi connectivity index (χ3n) is 4.15. The second-order valence-electron chi connectivity index (χ2n) is 5.53. The molecule has 0 aliphatic rings. The molecule has 4 rings (SSSR count). The molecule has 0 aliphatic carbocycles. The van der Waals surface area contributed by atoms with E-state index in [1.54, 1.807) is 0 Å². The van der Waals surface area contributed by atoms with Crippen LogP contribution in [0.4, 0.5) is 0 Å². The van der Waals surface area contributed by atoms with Gasteiger partial charge in [-0.2, -0.15) is 4.98 Å². The van der Waals surface area contributed by atoms with Crippen LogP contribution in [-0.2, 0) is 0 Å². The van der Waals surface area contributed by atoms with Crippen molar-refractivity contribution in [1.82, 2.24) is 14.0 Å². The summed E-state index contributed by atoms with van der Waals surface area (Å²) in [6, 6.07) is 18.8. The van der Waals surface area contributed by atoms with Gasteiger partial charge in [-0.05, 0) is 24.6 Å². The molecule has 0 saturated heterocycles. The maximum absolute atomic E-state index is 12.3. The molecule has 0 amide bonds. The van der Waals surface area contributed by atoms with E-state index >= 15 is 0 Å². The molecule has 1 unspecified atom stereocenters. The Balaban J connectivity index is 2.14. The molecular formula is C18H15N3O2. The molecule has 4 aromatic rings. The molecule has 0 fully saturated rings. The van der Waals surface area contributed by atoms with Crippen molar-refractivity contribution in [3.8, 4) is 5.88 Å². The Kier molecular flexibility index (Phi) is 2.94. The van der Waals surface area contributed by atoms with Crippen LogP contribution in [0, 0.1) is 0 Å². The van der Waals surface area contributed by atoms with Crippen LogP contribution < -0.4 is 5.56 Å². The molecule has 2 heterocycles. The van der Waals surface area contributed by atoms with E-state index in [1.165, 1.54) is 4.40 Å². The van der Waals surface area contributed by atoms with E-state index in [0.29, 0.717) is 5.78 Å². The van der Waals surface area contributed by atoms with Crippen molar-refractivity contribution in [3.63, 3.8) is 0 Å². The number of aromatic hydroxyl groups is 1. The van der Waals surface area contributed by atoms with Crippen LogP contribution in [0.2, 0.25) is 0 Å². The Labute approximate surface area is 132 Å². The summed E-state index contributed by atoms with van der Waals surface area (Å²) in [5, 5.41) is 9.78. The Hall–Kier alpha value is -3.08. The summed E-state index contributed by atoms with van der Waals surface area (Å²) in [5.41, 5.74) is 2.50. The van der Waals surface area contributed by atoms with Gasteiger partial charge in [0.15, 0.2) is 0 Å². The van der Waals surface area contributed by atoms with Gasteiger partial charge in [0, 0.05) is 0 Å². The molecule has 23 heavy (non-hydrogen) atoms. The summed E-state index contributed by atoms with van der Waals surface area (Å²) < 4.78 is 3.51. The van der Waals surface area contributed by atoms with Gasteiger partial charge in [0.25, 0.3) is 5.56 Å². The van der Waals surface area contributed by atoms with Gasteiger partial charge in [-0.25, -0.2) is 4.40 Å². The van der Waals surface area contributed by atoms with Gasteiger partial charge in [0.2, 0.25) is 11.7 Å². The maximum atomic E-state index is 12.3. The maximum Gasteiger partial charge on any atom is 0.263 e. The van der Waals surface area contributed by atoms with E-state index in [1.807, 2.05) is 59.2 Å². The molecule has 1 atom stereocenters. The van der Waals surface area contributed by atoms with E-state index < -0.39 is 0 Å². The third kappa shape index (κ3) is 2.01. The highest BCUT2D eigenvalue weighted by Crippen LogP contribution is 2.27. The highest BCUT2D eigenvalue weighted by Gasteiger charge is 2.19. The van der Waals surface area contributed by atoms with Gasteiger partial charge in [-0.15, -0.1) is 0 Å². The van der Waals surface area contributed by atoms with Gasteiger partial charge in [0.1, 0.15) is 0 Å². The quantitative estimate of drug-likeness (QED) is 0.619. The molecule has 0 saturated carbocycles. The van der Waals surface area contributed by atoms with Gasteiger partial charge in [-0.1, -0.05) is 42.5 Å². The number of rotatable bonds is 2. The minimum atomic E-state index is -0.289. The first-order valence-electron chi connectivity index (χ1n) is 7.43. The molecule has 114 valence electrons. The SMILES string of the molecule is CC(c1ccccc1)n1c2ccccc2n2c(=O)cc(O)nc12. The van der Waals surface area contributed by atoms with Gasteiger partial charge >= 0.3 is 0 Å². The largest absolute Gasteiger partial charge is 0.493 e. The van der Waals surface area contributed by atoms with Crippen molar-refractivity contribution in [3.05, 3.63) is 76.6 Å². The highest BCUT2D eigenvalue weighted by molar-refractivity contribution is 5.81. The predicted octanol–water partition coefficient (Wildman–Crippen LogP) is 2.96. The summed E-state index contributed by atoms with van der Waals surface area (Å²) >= 11 is 0. The molecule has 2 aromatic carbocycles. The van der Waals surface area contributed by atoms with Crippen LogP contribution in [0.15, 0.2) is 65.5 Å². The average molecular weight is 305 g/mol. The van der Waals surface area contributed by atoms with Gasteiger partial charge in [-0.3, -0.25) is 4.79 Å². The zero-order valence-corrected chi connectivity index (χ0v) is 12.5. The number of benzene rings is 2. The lowest BCUT2D eigenvalue weighted by atomic mass is 10.1. The molecule has 5 heteroatoms. The number of aromatic nitrogens is 3. The van der Waals surface area contributed by atoms with Gasteiger partial charge in [0.05, 0.1) is 23.1 Å². The second kappa shape index (κ2) is 4.98. The second-order valence-corrected chi connectivity index (χ2v) is 5.53. The fourth-order valence-corrected chi connectivity index (χ4v) is 3.07. The number of para-hydroxylation sites is 2. The lowest BCUT2D eigenvalue weighted by Gasteiger charge is -2.15. The van der Waals surface area contributed by atoms with Crippen molar-refractivity contribution in [1.29, 1.82) is 0 Å². The molecule has 5 nitrogen and oxygen atoms in total. The van der Waals surface area contributed by atoms with Crippen molar-refractivity contribution in [2.24, 2.45) is 0 Å². The summed E-state index contributed by atoms with van der Waals surface area (Å²) in [6.45, 7) is 2.05.